The highest BCUT2D eigenvalue weighted by atomic mass is 32.1. The van der Waals surface area contributed by atoms with E-state index < -0.39 is 0 Å². The van der Waals surface area contributed by atoms with E-state index in [4.69, 9.17) is 12.2 Å². The van der Waals surface area contributed by atoms with E-state index in [1.54, 1.807) is 22.1 Å². The van der Waals surface area contributed by atoms with Crippen LogP contribution in [-0.4, -0.2) is 15.5 Å². The molecule has 0 aliphatic heterocycles. The topological polar surface area (TPSA) is 49.8 Å². The van der Waals surface area contributed by atoms with Crippen LogP contribution in [0.5, 0.6) is 0 Å². The fourth-order valence-electron chi connectivity index (χ4n) is 2.72. The lowest BCUT2D eigenvalue weighted by Gasteiger charge is -2.09. The number of amides is 1. The van der Waals surface area contributed by atoms with Crippen LogP contribution < -0.4 is 5.32 Å². The summed E-state index contributed by atoms with van der Waals surface area (Å²) in [5.74, 6) is 5.99. The molecule has 0 radical (unpaired) electrons. The van der Waals surface area contributed by atoms with Crippen LogP contribution in [0, 0.1) is 16.6 Å². The van der Waals surface area contributed by atoms with Crippen molar-refractivity contribution in [2.75, 3.05) is 5.32 Å². The zero-order chi connectivity index (χ0) is 19.3. The molecule has 28 heavy (non-hydrogen) atoms. The molecule has 0 saturated heterocycles. The number of hydrogen-bond acceptors (Lipinski definition) is 3. The van der Waals surface area contributed by atoms with E-state index in [-0.39, 0.29) is 5.91 Å². The first-order chi connectivity index (χ1) is 13.7. The van der Waals surface area contributed by atoms with Gasteiger partial charge in [0.15, 0.2) is 4.77 Å². The van der Waals surface area contributed by atoms with E-state index >= 15 is 0 Å². The maximum atomic E-state index is 12.8. The third kappa shape index (κ3) is 3.96. The minimum Gasteiger partial charge on any atom is -0.336 e. The van der Waals surface area contributed by atoms with Gasteiger partial charge >= 0.3 is 0 Å². The second-order valence-electron chi connectivity index (χ2n) is 5.91. The van der Waals surface area contributed by atoms with Gasteiger partial charge in [-0.05, 0) is 54.0 Å². The van der Waals surface area contributed by atoms with Gasteiger partial charge < -0.3 is 10.3 Å². The second-order valence-corrected chi connectivity index (χ2v) is 7.25. The number of carbonyl (C=O) groups is 1. The number of aromatic amines is 1. The highest BCUT2D eigenvalue weighted by Gasteiger charge is 2.14. The summed E-state index contributed by atoms with van der Waals surface area (Å²) in [6.45, 7) is 0. The number of thiophene rings is 1. The number of benzene rings is 2. The molecule has 0 saturated carbocycles. The summed E-state index contributed by atoms with van der Waals surface area (Å²) in [6, 6.07) is 21.0. The van der Waals surface area contributed by atoms with Gasteiger partial charge in [-0.3, -0.25) is 9.36 Å². The predicted molar refractivity (Wildman–Crippen MR) is 116 cm³/mol. The number of hydrogen-bond donors (Lipinski definition) is 2. The van der Waals surface area contributed by atoms with Gasteiger partial charge in [-0.25, -0.2) is 0 Å². The average molecular weight is 402 g/mol. The van der Waals surface area contributed by atoms with Crippen molar-refractivity contribution >= 4 is 35.1 Å². The molecule has 6 heteroatoms. The summed E-state index contributed by atoms with van der Waals surface area (Å²) in [4.78, 5) is 16.8. The van der Waals surface area contributed by atoms with Crippen molar-refractivity contribution in [2.24, 2.45) is 0 Å². The molecule has 0 aliphatic carbocycles. The number of aromatic nitrogens is 2. The van der Waals surface area contributed by atoms with Crippen LogP contribution in [0.4, 0.5) is 5.69 Å². The van der Waals surface area contributed by atoms with Gasteiger partial charge in [-0.15, -0.1) is 11.3 Å². The Morgan fingerprint density at radius 1 is 1.04 bits per heavy atom. The molecule has 4 nitrogen and oxygen atoms in total. The van der Waals surface area contributed by atoms with Crippen LogP contribution in [0.3, 0.4) is 0 Å². The number of anilines is 1. The van der Waals surface area contributed by atoms with E-state index in [1.165, 1.54) is 0 Å². The molecule has 136 valence electrons. The summed E-state index contributed by atoms with van der Waals surface area (Å²) in [5, 5.41) is 4.92. The number of H-pyrrole nitrogens is 1. The van der Waals surface area contributed by atoms with Gasteiger partial charge in [0.05, 0.1) is 4.88 Å². The normalized spacial score (nSPS) is 10.1. The Bertz CT molecular complexity index is 1230. The van der Waals surface area contributed by atoms with Crippen LogP contribution in [0.15, 0.2) is 78.3 Å². The summed E-state index contributed by atoms with van der Waals surface area (Å²) >= 11 is 6.94. The highest BCUT2D eigenvalue weighted by molar-refractivity contribution is 7.71. The Morgan fingerprint density at radius 2 is 1.89 bits per heavy atom. The van der Waals surface area contributed by atoms with E-state index in [9.17, 15) is 4.79 Å². The van der Waals surface area contributed by atoms with E-state index in [1.807, 2.05) is 72.1 Å². The lowest BCUT2D eigenvalue weighted by atomic mass is 10.2. The van der Waals surface area contributed by atoms with E-state index in [0.29, 0.717) is 16.2 Å². The molecule has 2 aromatic heterocycles. The first kappa shape index (κ1) is 18.0. The summed E-state index contributed by atoms with van der Waals surface area (Å²) < 4.78 is 2.18. The Balaban J connectivity index is 1.59. The largest absolute Gasteiger partial charge is 0.336 e. The Morgan fingerprint density at radius 3 is 2.68 bits per heavy atom. The zero-order valence-electron chi connectivity index (χ0n) is 14.7. The van der Waals surface area contributed by atoms with Crippen LogP contribution in [0.25, 0.3) is 5.69 Å². The smallest absolute Gasteiger partial charge is 0.274 e. The summed E-state index contributed by atoms with van der Waals surface area (Å²) in [7, 11) is 0. The molecule has 2 heterocycles. The fourth-order valence-corrected chi connectivity index (χ4v) is 3.56. The molecule has 0 bridgehead atoms. The molecule has 4 rings (SSSR count). The van der Waals surface area contributed by atoms with E-state index in [2.05, 4.69) is 22.1 Å². The SMILES string of the molecule is O=C(Nc1cccc(C#Cc2cccs2)c1)c1c[nH]c(=S)n1-c1ccccc1. The van der Waals surface area contributed by atoms with Crippen molar-refractivity contribution in [2.45, 2.75) is 0 Å². The Kier molecular flexibility index (Phi) is 5.20. The van der Waals surface area contributed by atoms with Gasteiger partial charge in [0.1, 0.15) is 5.69 Å². The third-order valence-corrected chi connectivity index (χ3v) is 5.08. The molecule has 0 spiro atoms. The van der Waals surface area contributed by atoms with Crippen molar-refractivity contribution in [3.05, 3.63) is 99.2 Å². The van der Waals surface area contributed by atoms with Crippen molar-refractivity contribution in [3.63, 3.8) is 0 Å². The van der Waals surface area contributed by atoms with Crippen molar-refractivity contribution in [1.82, 2.24) is 9.55 Å². The number of imidazole rings is 1. The minimum absolute atomic E-state index is 0.250. The number of rotatable bonds is 3. The molecule has 0 fully saturated rings. The first-order valence-electron chi connectivity index (χ1n) is 8.53. The lowest BCUT2D eigenvalue weighted by molar-refractivity contribution is 0.102. The Hall–Kier alpha value is -3.40. The zero-order valence-corrected chi connectivity index (χ0v) is 16.3. The number of nitrogens with zero attached hydrogens (tertiary/aromatic N) is 1. The van der Waals surface area contributed by atoms with Crippen LogP contribution in [0.2, 0.25) is 0 Å². The average Bonchev–Trinajstić information content (AvgIpc) is 3.37. The lowest BCUT2D eigenvalue weighted by Crippen LogP contribution is -2.16. The maximum Gasteiger partial charge on any atom is 0.274 e. The number of para-hydroxylation sites is 1. The van der Waals surface area contributed by atoms with Crippen molar-refractivity contribution < 1.29 is 4.79 Å². The van der Waals surface area contributed by atoms with Crippen molar-refractivity contribution in [3.8, 4) is 17.5 Å². The number of nitrogens with one attached hydrogen (secondary N) is 2. The monoisotopic (exact) mass is 401 g/mol. The van der Waals surface area contributed by atoms with Gasteiger partial charge in [-0.2, -0.15) is 0 Å². The van der Waals surface area contributed by atoms with Gasteiger partial charge in [0, 0.05) is 23.1 Å². The molecule has 2 aromatic carbocycles. The third-order valence-electron chi connectivity index (χ3n) is 4.00. The predicted octanol–water partition coefficient (Wildman–Crippen LogP) is 5.25. The second kappa shape index (κ2) is 8.09. The van der Waals surface area contributed by atoms with Gasteiger partial charge in [0.25, 0.3) is 5.91 Å². The highest BCUT2D eigenvalue weighted by Crippen LogP contribution is 2.16. The minimum atomic E-state index is -0.250. The van der Waals surface area contributed by atoms with Crippen molar-refractivity contribution in [1.29, 1.82) is 0 Å². The molecular weight excluding hydrogens is 386 g/mol. The quantitative estimate of drug-likeness (QED) is 0.364. The van der Waals surface area contributed by atoms with Crippen LogP contribution in [0.1, 0.15) is 20.9 Å². The molecule has 0 unspecified atom stereocenters. The van der Waals surface area contributed by atoms with Crippen LogP contribution >= 0.6 is 23.6 Å². The molecule has 0 aliphatic rings. The molecule has 1 amide bonds. The molecule has 2 N–H and O–H groups in total. The fraction of sp³-hybridized carbons (Fsp3) is 0. The Labute approximate surface area is 171 Å². The summed E-state index contributed by atoms with van der Waals surface area (Å²) in [5.41, 5.74) is 2.77. The maximum absolute atomic E-state index is 12.8. The standard InChI is InChI=1S/C22H15N3OS2/c26-21(20-15-23-22(27)25(20)18-8-2-1-3-9-18)24-17-7-4-6-16(14-17)11-12-19-10-5-13-28-19/h1-10,13-15H,(H,23,27)(H,24,26). The van der Waals surface area contributed by atoms with Gasteiger partial charge in [-0.1, -0.05) is 42.2 Å². The molecular formula is C22H15N3OS2. The molecule has 4 aromatic rings. The molecule has 0 atom stereocenters. The van der Waals surface area contributed by atoms with E-state index in [0.717, 1.165) is 16.1 Å². The summed E-state index contributed by atoms with van der Waals surface area (Å²) in [6.07, 6.45) is 1.62. The van der Waals surface area contributed by atoms with Crippen LogP contribution in [-0.2, 0) is 0 Å². The van der Waals surface area contributed by atoms with Gasteiger partial charge in [0.2, 0.25) is 0 Å². The number of carbonyl (C=O) groups excluding carboxylic acids is 1. The first-order valence-corrected chi connectivity index (χ1v) is 9.82.